The van der Waals surface area contributed by atoms with Gasteiger partial charge in [0, 0.05) is 5.39 Å². The molecular weight excluding hydrogens is 428 g/mol. The van der Waals surface area contributed by atoms with E-state index in [4.69, 9.17) is 4.74 Å². The molecule has 0 aliphatic heterocycles. The van der Waals surface area contributed by atoms with E-state index in [1.165, 1.54) is 28.0 Å². The van der Waals surface area contributed by atoms with E-state index in [2.05, 4.69) is 83.0 Å². The predicted molar refractivity (Wildman–Crippen MR) is 136 cm³/mol. The molecule has 0 spiro atoms. The molecule has 0 atom stereocenters. The summed E-state index contributed by atoms with van der Waals surface area (Å²) in [5.41, 5.74) is 8.14. The fourth-order valence-corrected chi connectivity index (χ4v) is 5.10. The highest BCUT2D eigenvalue weighted by molar-refractivity contribution is 7.20. The largest absolute Gasteiger partial charge is 0.457 e. The summed E-state index contributed by atoms with van der Waals surface area (Å²) >= 11 is 1.45. The average Bonchev–Trinajstić information content (AvgIpc) is 3.29. The Kier molecular flexibility index (Phi) is 6.19. The molecule has 33 heavy (non-hydrogen) atoms. The van der Waals surface area contributed by atoms with E-state index >= 15 is 0 Å². The van der Waals surface area contributed by atoms with E-state index in [1.54, 1.807) is 0 Å². The third kappa shape index (κ3) is 4.88. The van der Waals surface area contributed by atoms with Gasteiger partial charge < -0.3 is 4.74 Å². The van der Waals surface area contributed by atoms with Gasteiger partial charge in [0.25, 0.3) is 0 Å². The summed E-state index contributed by atoms with van der Waals surface area (Å²) in [5.74, 6) is -0.281. The molecule has 0 aliphatic rings. The van der Waals surface area contributed by atoms with Gasteiger partial charge in [0.05, 0.1) is 12.2 Å². The number of benzene rings is 2. The Morgan fingerprint density at radius 3 is 2.24 bits per heavy atom. The van der Waals surface area contributed by atoms with Crippen molar-refractivity contribution in [2.75, 3.05) is 0 Å². The standard InChI is InChI=1S/C28H32N2O2S/c1-17-8-10-21(11-9-17)15-30-26-23(20(4)29-30)14-25(33-26)27(31)32-16-24-18(2)12-22(13-19(24)3)28(5,6)7/h8-14H,15-16H2,1-7H3. The SMILES string of the molecule is Cc1ccc(Cn2nc(C)c3cc(C(=O)OCc4c(C)cc(C(C)(C)C)cc4C)sc32)cc1. The zero-order valence-corrected chi connectivity index (χ0v) is 21.4. The highest BCUT2D eigenvalue weighted by Crippen LogP contribution is 2.31. The van der Waals surface area contributed by atoms with Gasteiger partial charge in [0.2, 0.25) is 0 Å². The van der Waals surface area contributed by atoms with Crippen molar-refractivity contribution < 1.29 is 9.53 Å². The van der Waals surface area contributed by atoms with Gasteiger partial charge in [0.15, 0.2) is 0 Å². The molecule has 2 heterocycles. The first-order chi connectivity index (χ1) is 15.5. The summed E-state index contributed by atoms with van der Waals surface area (Å²) in [6, 6.07) is 14.8. The number of hydrogen-bond acceptors (Lipinski definition) is 4. The third-order valence-corrected chi connectivity index (χ3v) is 7.30. The number of ether oxygens (including phenoxy) is 1. The Labute approximate surface area is 200 Å². The number of carbonyl (C=O) groups is 1. The predicted octanol–water partition coefficient (Wildman–Crippen LogP) is 7.03. The van der Waals surface area contributed by atoms with Crippen LogP contribution in [0.4, 0.5) is 0 Å². The number of fused-ring (bicyclic) bond motifs is 1. The molecule has 4 nitrogen and oxygen atoms in total. The monoisotopic (exact) mass is 460 g/mol. The molecule has 0 saturated carbocycles. The first-order valence-corrected chi connectivity index (χ1v) is 12.1. The van der Waals surface area contributed by atoms with Crippen molar-refractivity contribution in [3.63, 3.8) is 0 Å². The minimum Gasteiger partial charge on any atom is -0.457 e. The maximum atomic E-state index is 12.9. The number of thiophene rings is 1. The number of hydrogen-bond donors (Lipinski definition) is 0. The lowest BCUT2D eigenvalue weighted by molar-refractivity contribution is 0.0477. The fraction of sp³-hybridized carbons (Fsp3) is 0.357. The molecule has 4 aromatic rings. The van der Waals surface area contributed by atoms with E-state index in [9.17, 15) is 4.79 Å². The van der Waals surface area contributed by atoms with Crippen LogP contribution >= 0.6 is 11.3 Å². The second kappa shape index (κ2) is 8.79. The Morgan fingerprint density at radius 2 is 1.64 bits per heavy atom. The van der Waals surface area contributed by atoms with E-state index in [-0.39, 0.29) is 18.0 Å². The molecule has 0 amide bonds. The molecule has 172 valence electrons. The Morgan fingerprint density at radius 1 is 1.00 bits per heavy atom. The summed E-state index contributed by atoms with van der Waals surface area (Å²) in [4.78, 5) is 14.5. The highest BCUT2D eigenvalue weighted by Gasteiger charge is 2.20. The second-order valence-electron chi connectivity index (χ2n) is 9.97. The summed E-state index contributed by atoms with van der Waals surface area (Å²) in [6.07, 6.45) is 0. The molecule has 0 radical (unpaired) electrons. The molecule has 0 unspecified atom stereocenters. The average molecular weight is 461 g/mol. The minimum atomic E-state index is -0.281. The van der Waals surface area contributed by atoms with Crippen molar-refractivity contribution >= 4 is 27.5 Å². The van der Waals surface area contributed by atoms with Crippen LogP contribution in [0.5, 0.6) is 0 Å². The molecule has 5 heteroatoms. The van der Waals surface area contributed by atoms with Gasteiger partial charge in [-0.05, 0) is 67.0 Å². The van der Waals surface area contributed by atoms with Gasteiger partial charge >= 0.3 is 5.97 Å². The van der Waals surface area contributed by atoms with Crippen molar-refractivity contribution in [3.05, 3.63) is 86.4 Å². The minimum absolute atomic E-state index is 0.0894. The van der Waals surface area contributed by atoms with Crippen molar-refractivity contribution in [3.8, 4) is 0 Å². The Bertz CT molecular complexity index is 1300. The van der Waals surface area contributed by atoms with Crippen LogP contribution in [0.3, 0.4) is 0 Å². The normalized spacial score (nSPS) is 11.8. The Hall–Kier alpha value is -2.92. The molecule has 2 aromatic carbocycles. The lowest BCUT2D eigenvalue weighted by Crippen LogP contribution is -2.13. The van der Waals surface area contributed by atoms with Crippen LogP contribution in [0.2, 0.25) is 0 Å². The van der Waals surface area contributed by atoms with Crippen molar-refractivity contribution in [1.29, 1.82) is 0 Å². The van der Waals surface area contributed by atoms with Crippen LogP contribution in [0, 0.1) is 27.7 Å². The van der Waals surface area contributed by atoms with Crippen LogP contribution in [-0.2, 0) is 23.3 Å². The molecule has 0 bridgehead atoms. The molecular formula is C28H32N2O2S. The van der Waals surface area contributed by atoms with Crippen molar-refractivity contribution in [2.24, 2.45) is 0 Å². The molecule has 0 fully saturated rings. The highest BCUT2D eigenvalue weighted by atomic mass is 32.1. The summed E-state index contributed by atoms with van der Waals surface area (Å²) in [7, 11) is 0. The number of aryl methyl sites for hydroxylation is 4. The van der Waals surface area contributed by atoms with Gasteiger partial charge in [-0.2, -0.15) is 5.10 Å². The van der Waals surface area contributed by atoms with Gasteiger partial charge in [0.1, 0.15) is 16.3 Å². The number of nitrogens with zero attached hydrogens (tertiary/aromatic N) is 2. The van der Waals surface area contributed by atoms with Crippen LogP contribution in [0.15, 0.2) is 42.5 Å². The lowest BCUT2D eigenvalue weighted by atomic mass is 9.84. The van der Waals surface area contributed by atoms with Crippen molar-refractivity contribution in [2.45, 2.75) is 67.0 Å². The van der Waals surface area contributed by atoms with Crippen LogP contribution in [0.1, 0.15) is 69.5 Å². The van der Waals surface area contributed by atoms with E-state index < -0.39 is 0 Å². The van der Waals surface area contributed by atoms with E-state index in [0.717, 1.165) is 32.6 Å². The summed E-state index contributed by atoms with van der Waals surface area (Å²) in [5, 5.41) is 5.70. The zero-order valence-electron chi connectivity index (χ0n) is 20.6. The number of aromatic nitrogens is 2. The smallest absolute Gasteiger partial charge is 0.348 e. The maximum absolute atomic E-state index is 12.9. The summed E-state index contributed by atoms with van der Waals surface area (Å²) in [6.45, 7) is 15.8. The first-order valence-electron chi connectivity index (χ1n) is 11.3. The lowest BCUT2D eigenvalue weighted by Gasteiger charge is -2.22. The number of rotatable bonds is 5. The topological polar surface area (TPSA) is 44.1 Å². The van der Waals surface area contributed by atoms with E-state index in [1.807, 2.05) is 17.7 Å². The van der Waals surface area contributed by atoms with Gasteiger partial charge in [-0.25, -0.2) is 4.79 Å². The Balaban J connectivity index is 1.53. The number of carbonyl (C=O) groups excluding carboxylic acids is 1. The quantitative estimate of drug-likeness (QED) is 0.300. The van der Waals surface area contributed by atoms with Crippen LogP contribution in [0.25, 0.3) is 10.2 Å². The molecule has 2 aromatic heterocycles. The zero-order chi connectivity index (χ0) is 23.9. The van der Waals surface area contributed by atoms with Crippen LogP contribution < -0.4 is 0 Å². The fourth-order valence-electron chi connectivity index (χ4n) is 4.05. The van der Waals surface area contributed by atoms with Gasteiger partial charge in [-0.15, -0.1) is 11.3 Å². The maximum Gasteiger partial charge on any atom is 0.348 e. The molecule has 4 rings (SSSR count). The molecule has 0 N–H and O–H groups in total. The van der Waals surface area contributed by atoms with Gasteiger partial charge in [-0.1, -0.05) is 62.7 Å². The third-order valence-electron chi connectivity index (χ3n) is 6.17. The first kappa shape index (κ1) is 23.2. The van der Waals surface area contributed by atoms with Gasteiger partial charge in [-0.3, -0.25) is 4.68 Å². The molecule has 0 saturated heterocycles. The number of esters is 1. The second-order valence-corrected chi connectivity index (χ2v) is 11.0. The summed E-state index contributed by atoms with van der Waals surface area (Å²) < 4.78 is 7.74. The van der Waals surface area contributed by atoms with E-state index in [0.29, 0.717) is 11.4 Å². The van der Waals surface area contributed by atoms with Crippen molar-refractivity contribution in [1.82, 2.24) is 9.78 Å². The van der Waals surface area contributed by atoms with Crippen LogP contribution in [-0.4, -0.2) is 15.7 Å². The molecule has 0 aliphatic carbocycles.